The monoisotopic (exact) mass is 456 g/mol. The van der Waals surface area contributed by atoms with Gasteiger partial charge >= 0.3 is 6.03 Å². The fraction of sp³-hybridized carbons (Fsp3) is 0.250. The van der Waals surface area contributed by atoms with Crippen LogP contribution in [0.15, 0.2) is 60.7 Å². The first-order valence-corrected chi connectivity index (χ1v) is 10.4. The first-order valence-electron chi connectivity index (χ1n) is 10.4. The van der Waals surface area contributed by atoms with Crippen LogP contribution in [0.2, 0.25) is 0 Å². The molecule has 0 spiro atoms. The summed E-state index contributed by atoms with van der Waals surface area (Å²) in [6, 6.07) is 18.6. The van der Waals surface area contributed by atoms with Crippen LogP contribution in [0.1, 0.15) is 35.3 Å². The molecule has 0 atom stereocenters. The van der Waals surface area contributed by atoms with Crippen molar-refractivity contribution in [2.45, 2.75) is 26.9 Å². The predicted molar refractivity (Wildman–Crippen MR) is 129 cm³/mol. The summed E-state index contributed by atoms with van der Waals surface area (Å²) in [5.74, 6) is -0.604. The largest absolute Gasteiger partial charge is 0.334 e. The number of amides is 3. The minimum atomic E-state index is -0.604. The number of nitrogens with one attached hydrogen (secondary N) is 3. The third-order valence-corrected chi connectivity index (χ3v) is 5.23. The van der Waals surface area contributed by atoms with E-state index < -0.39 is 5.91 Å². The van der Waals surface area contributed by atoms with E-state index in [1.807, 2.05) is 6.07 Å². The lowest BCUT2D eigenvalue weighted by molar-refractivity contribution is 0.0706. The highest BCUT2D eigenvalue weighted by molar-refractivity contribution is 5.94. The number of benzene rings is 3. The normalized spacial score (nSPS) is 10.5. The van der Waals surface area contributed by atoms with E-state index in [1.165, 1.54) is 23.1 Å². The highest BCUT2D eigenvalue weighted by Gasteiger charge is 2.07. The van der Waals surface area contributed by atoms with Crippen molar-refractivity contribution in [2.75, 3.05) is 18.4 Å². The van der Waals surface area contributed by atoms with E-state index in [4.69, 9.17) is 5.21 Å². The van der Waals surface area contributed by atoms with Gasteiger partial charge in [-0.1, -0.05) is 38.1 Å². The maximum Gasteiger partial charge on any atom is 0.319 e. The van der Waals surface area contributed by atoms with E-state index >= 15 is 0 Å². The molecule has 0 aliphatic carbocycles. The number of urea groups is 1. The van der Waals surface area contributed by atoms with E-state index in [2.05, 4.69) is 59.7 Å². The van der Waals surface area contributed by atoms with Crippen LogP contribution in [0.4, 0.5) is 10.5 Å². The Balaban J connectivity index is 0.00000363. The van der Waals surface area contributed by atoms with Crippen LogP contribution in [0.5, 0.6) is 0 Å². The number of rotatable bonds is 8. The van der Waals surface area contributed by atoms with Crippen molar-refractivity contribution in [1.82, 2.24) is 15.7 Å². The topological polar surface area (TPSA) is 93.7 Å². The Morgan fingerprint density at radius 3 is 2.06 bits per heavy atom. The Hall–Kier alpha value is -3.13. The summed E-state index contributed by atoms with van der Waals surface area (Å²) in [6.07, 6.45) is 0. The van der Waals surface area contributed by atoms with Crippen LogP contribution in [-0.4, -0.2) is 35.1 Å². The lowest BCUT2D eigenvalue weighted by Crippen LogP contribution is -2.28. The van der Waals surface area contributed by atoms with E-state index in [0.717, 1.165) is 30.6 Å². The molecular formula is C24H29ClN4O3. The molecule has 0 aliphatic rings. The number of hydroxylamine groups is 1. The maximum absolute atomic E-state index is 12.2. The van der Waals surface area contributed by atoms with Gasteiger partial charge in [0.05, 0.1) is 0 Å². The summed E-state index contributed by atoms with van der Waals surface area (Å²) in [6.45, 7) is 7.74. The number of halogens is 1. The molecule has 3 rings (SSSR count). The van der Waals surface area contributed by atoms with Crippen molar-refractivity contribution >= 4 is 40.8 Å². The maximum atomic E-state index is 12.2. The van der Waals surface area contributed by atoms with Gasteiger partial charge < -0.3 is 10.6 Å². The lowest BCUT2D eigenvalue weighted by atomic mass is 10.0. The number of carbonyl (C=O) groups excluding carboxylic acids is 2. The number of anilines is 1. The predicted octanol–water partition coefficient (Wildman–Crippen LogP) is 4.54. The summed E-state index contributed by atoms with van der Waals surface area (Å²) < 4.78 is 0. The first kappa shape index (κ1) is 25.1. The van der Waals surface area contributed by atoms with Gasteiger partial charge in [-0.3, -0.25) is 14.9 Å². The molecule has 3 amide bonds. The van der Waals surface area contributed by atoms with E-state index in [0.29, 0.717) is 17.8 Å². The van der Waals surface area contributed by atoms with Crippen molar-refractivity contribution in [1.29, 1.82) is 0 Å². The van der Waals surface area contributed by atoms with Crippen LogP contribution >= 0.6 is 12.4 Å². The van der Waals surface area contributed by atoms with Crippen LogP contribution in [0.25, 0.3) is 10.8 Å². The second kappa shape index (κ2) is 12.0. The lowest BCUT2D eigenvalue weighted by Gasteiger charge is -2.18. The summed E-state index contributed by atoms with van der Waals surface area (Å²) in [5.41, 5.74) is 4.72. The second-order valence-electron chi connectivity index (χ2n) is 7.30. The first-order chi connectivity index (χ1) is 15.0. The molecule has 4 N–H and O–H groups in total. The molecule has 8 heteroatoms. The highest BCUT2D eigenvalue weighted by atomic mass is 35.5. The molecule has 7 nitrogen and oxygen atoms in total. The average Bonchev–Trinajstić information content (AvgIpc) is 2.81. The molecule has 0 fully saturated rings. The van der Waals surface area contributed by atoms with Gasteiger partial charge in [-0.25, -0.2) is 10.3 Å². The smallest absolute Gasteiger partial charge is 0.319 e. The van der Waals surface area contributed by atoms with Gasteiger partial charge in [0.15, 0.2) is 0 Å². The Morgan fingerprint density at radius 1 is 0.875 bits per heavy atom. The minimum Gasteiger partial charge on any atom is -0.334 e. The summed E-state index contributed by atoms with van der Waals surface area (Å²) in [7, 11) is 0. The van der Waals surface area contributed by atoms with Crippen molar-refractivity contribution in [2.24, 2.45) is 0 Å². The van der Waals surface area contributed by atoms with E-state index in [1.54, 1.807) is 17.6 Å². The van der Waals surface area contributed by atoms with E-state index in [9.17, 15) is 9.59 Å². The molecule has 0 unspecified atom stereocenters. The third-order valence-electron chi connectivity index (χ3n) is 5.23. The SMILES string of the molecule is CCN(CC)Cc1ccc2cc(CNC(=O)Nc3ccc(C(=O)NO)cc3)ccc2c1.Cl. The van der Waals surface area contributed by atoms with Crippen molar-refractivity contribution < 1.29 is 14.8 Å². The summed E-state index contributed by atoms with van der Waals surface area (Å²) >= 11 is 0. The summed E-state index contributed by atoms with van der Waals surface area (Å²) in [4.78, 5) is 25.9. The van der Waals surface area contributed by atoms with Gasteiger partial charge in [-0.2, -0.15) is 0 Å². The van der Waals surface area contributed by atoms with Crippen LogP contribution in [0.3, 0.4) is 0 Å². The molecule has 0 radical (unpaired) electrons. The zero-order valence-electron chi connectivity index (χ0n) is 18.2. The zero-order chi connectivity index (χ0) is 22.2. The number of nitrogens with zero attached hydrogens (tertiary/aromatic N) is 1. The quantitative estimate of drug-likeness (QED) is 0.295. The average molecular weight is 457 g/mol. The van der Waals surface area contributed by atoms with Gasteiger partial charge in [0.1, 0.15) is 0 Å². The van der Waals surface area contributed by atoms with Crippen molar-refractivity contribution in [3.63, 3.8) is 0 Å². The number of hydrogen-bond acceptors (Lipinski definition) is 4. The fourth-order valence-electron chi connectivity index (χ4n) is 3.39. The van der Waals surface area contributed by atoms with Gasteiger partial charge in [0.2, 0.25) is 0 Å². The molecule has 0 aromatic heterocycles. The Bertz CT molecular complexity index is 1050. The summed E-state index contributed by atoms with van der Waals surface area (Å²) in [5, 5.41) is 16.5. The van der Waals surface area contributed by atoms with Crippen LogP contribution in [0, 0.1) is 0 Å². The molecule has 0 heterocycles. The third kappa shape index (κ3) is 6.68. The fourth-order valence-corrected chi connectivity index (χ4v) is 3.39. The molecule has 0 saturated carbocycles. The van der Waals surface area contributed by atoms with Crippen LogP contribution in [-0.2, 0) is 13.1 Å². The van der Waals surface area contributed by atoms with E-state index in [-0.39, 0.29) is 18.4 Å². The van der Waals surface area contributed by atoms with Crippen LogP contribution < -0.4 is 16.1 Å². The van der Waals surface area contributed by atoms with Gasteiger partial charge in [-0.05, 0) is 71.4 Å². The second-order valence-corrected chi connectivity index (χ2v) is 7.30. The standard InChI is InChI=1S/C24H28N4O3.ClH/c1-3-28(4-2)16-18-6-8-20-13-17(5-7-21(20)14-18)15-25-24(30)26-22-11-9-19(10-12-22)23(29)27-31;/h5-14,31H,3-4,15-16H2,1-2H3,(H,27,29)(H2,25,26,30);1H. The molecule has 0 bridgehead atoms. The number of hydrogen-bond donors (Lipinski definition) is 4. The molecule has 3 aromatic carbocycles. The van der Waals surface area contributed by atoms with Gasteiger partial charge in [-0.15, -0.1) is 12.4 Å². The van der Waals surface area contributed by atoms with Gasteiger partial charge in [0, 0.05) is 24.3 Å². The zero-order valence-corrected chi connectivity index (χ0v) is 19.0. The Labute approximate surface area is 194 Å². The van der Waals surface area contributed by atoms with Gasteiger partial charge in [0.25, 0.3) is 5.91 Å². The molecule has 0 saturated heterocycles. The highest BCUT2D eigenvalue weighted by Crippen LogP contribution is 2.19. The van der Waals surface area contributed by atoms with Crippen molar-refractivity contribution in [3.8, 4) is 0 Å². The molecule has 170 valence electrons. The molecule has 0 aliphatic heterocycles. The number of carbonyl (C=O) groups is 2. The molecular weight excluding hydrogens is 428 g/mol. The Kier molecular flexibility index (Phi) is 9.46. The molecule has 32 heavy (non-hydrogen) atoms. The number of fused-ring (bicyclic) bond motifs is 1. The Morgan fingerprint density at radius 2 is 1.47 bits per heavy atom. The van der Waals surface area contributed by atoms with Crippen molar-refractivity contribution in [3.05, 3.63) is 77.4 Å². The molecule has 3 aromatic rings. The minimum absolute atomic E-state index is 0.